The van der Waals surface area contributed by atoms with E-state index in [1.807, 2.05) is 24.3 Å². The van der Waals surface area contributed by atoms with Gasteiger partial charge in [0.2, 0.25) is 0 Å². The molecule has 10 aromatic rings. The van der Waals surface area contributed by atoms with Gasteiger partial charge in [-0.05, 0) is 51.6 Å². The number of hydrogen-bond acceptors (Lipinski definition) is 4. The molecule has 0 aliphatic carbocycles. The van der Waals surface area contributed by atoms with E-state index in [9.17, 15) is 0 Å². The maximum atomic E-state index is 5.28. The minimum Gasteiger partial charge on any atom is -0.250 e. The molecule has 4 nitrogen and oxygen atoms in total. The Bertz CT molecular complexity index is 3120. The van der Waals surface area contributed by atoms with E-state index in [0.717, 1.165) is 83.5 Å². The Hall–Kier alpha value is -7.56. The number of pyridine rings is 2. The maximum absolute atomic E-state index is 5.28. The van der Waals surface area contributed by atoms with Gasteiger partial charge in [-0.3, -0.25) is 0 Å². The summed E-state index contributed by atoms with van der Waals surface area (Å²) in [6, 6.07) is 70.1. The molecule has 0 N–H and O–H groups in total. The predicted octanol–water partition coefficient (Wildman–Crippen LogP) is 14.5. The fraction of sp³-hybridized carbons (Fsp3) is 0.0714. The topological polar surface area (TPSA) is 51.6 Å². The summed E-state index contributed by atoms with van der Waals surface area (Å²) in [6.07, 6.45) is 0. The van der Waals surface area contributed by atoms with Crippen molar-refractivity contribution in [2.75, 3.05) is 0 Å². The zero-order valence-corrected chi connectivity index (χ0v) is 33.8. The van der Waals surface area contributed by atoms with Crippen LogP contribution in [0.3, 0.4) is 0 Å². The van der Waals surface area contributed by atoms with E-state index >= 15 is 0 Å². The van der Waals surface area contributed by atoms with Gasteiger partial charge < -0.3 is 0 Å². The summed E-state index contributed by atoms with van der Waals surface area (Å²) in [5, 5.41) is 2.19. The van der Waals surface area contributed by atoms with Gasteiger partial charge in [0.25, 0.3) is 0 Å². The summed E-state index contributed by atoms with van der Waals surface area (Å²) in [4.78, 5) is 20.7. The molecule has 0 saturated heterocycles. The van der Waals surface area contributed by atoms with Crippen molar-refractivity contribution in [3.05, 3.63) is 206 Å². The fourth-order valence-electron chi connectivity index (χ4n) is 7.86. The fourth-order valence-corrected chi connectivity index (χ4v) is 7.86. The molecule has 286 valence electrons. The summed E-state index contributed by atoms with van der Waals surface area (Å²) in [7, 11) is 0. The van der Waals surface area contributed by atoms with Crippen LogP contribution in [0.1, 0.15) is 26.5 Å². The Morgan fingerprint density at radius 3 is 1.30 bits per heavy atom. The van der Waals surface area contributed by atoms with Gasteiger partial charge in [0.1, 0.15) is 0 Å². The van der Waals surface area contributed by atoms with Gasteiger partial charge in [-0.2, -0.15) is 0 Å². The molecule has 60 heavy (non-hydrogen) atoms. The first-order valence-electron chi connectivity index (χ1n) is 20.5. The molecule has 0 saturated carbocycles. The van der Waals surface area contributed by atoms with Crippen molar-refractivity contribution >= 4 is 21.8 Å². The van der Waals surface area contributed by atoms with E-state index < -0.39 is 0 Å². The molecule has 0 spiro atoms. The molecule has 4 heteroatoms. The van der Waals surface area contributed by atoms with Gasteiger partial charge in [0.15, 0.2) is 5.82 Å². The van der Waals surface area contributed by atoms with Crippen molar-refractivity contribution in [2.24, 2.45) is 0 Å². The Kier molecular flexibility index (Phi) is 9.38. The highest BCUT2D eigenvalue weighted by Gasteiger charge is 2.20. The Morgan fingerprint density at radius 1 is 0.317 bits per heavy atom. The van der Waals surface area contributed by atoms with Crippen LogP contribution in [-0.4, -0.2) is 19.9 Å². The highest BCUT2D eigenvalue weighted by Crippen LogP contribution is 2.37. The molecule has 3 heterocycles. The van der Waals surface area contributed by atoms with Crippen LogP contribution in [0.25, 0.3) is 100 Å². The number of fused-ring (bicyclic) bond motifs is 3. The van der Waals surface area contributed by atoms with E-state index in [-0.39, 0.29) is 5.41 Å². The van der Waals surface area contributed by atoms with Gasteiger partial charge >= 0.3 is 0 Å². The van der Waals surface area contributed by atoms with Crippen molar-refractivity contribution in [3.63, 3.8) is 0 Å². The van der Waals surface area contributed by atoms with E-state index in [1.54, 1.807) is 0 Å². The average Bonchev–Trinajstić information content (AvgIpc) is 3.31. The van der Waals surface area contributed by atoms with Crippen molar-refractivity contribution in [1.29, 1.82) is 0 Å². The van der Waals surface area contributed by atoms with Crippen LogP contribution in [0.2, 0.25) is 0 Å². The van der Waals surface area contributed by atoms with Gasteiger partial charge in [0.05, 0.1) is 28.1 Å². The third-order valence-corrected chi connectivity index (χ3v) is 11.2. The Morgan fingerprint density at radius 2 is 0.750 bits per heavy atom. The number of hydrogen-bond donors (Lipinski definition) is 0. The highest BCUT2D eigenvalue weighted by molar-refractivity contribution is 6.08. The molecule has 3 aromatic heterocycles. The van der Waals surface area contributed by atoms with Crippen molar-refractivity contribution in [2.45, 2.75) is 26.2 Å². The summed E-state index contributed by atoms with van der Waals surface area (Å²) in [6.45, 7) is 6.65. The predicted molar refractivity (Wildman–Crippen MR) is 249 cm³/mol. The molecule has 7 aromatic carbocycles. The molecule has 0 atom stereocenters. The molecule has 0 aliphatic rings. The number of rotatable bonds is 7. The first kappa shape index (κ1) is 36.8. The van der Waals surface area contributed by atoms with Crippen LogP contribution in [0.4, 0.5) is 0 Å². The molecule has 10 rings (SSSR count). The molecular formula is C56H42N4. The second-order valence-electron chi connectivity index (χ2n) is 16.3. The van der Waals surface area contributed by atoms with Crippen LogP contribution < -0.4 is 0 Å². The Labute approximate surface area is 351 Å². The summed E-state index contributed by atoms with van der Waals surface area (Å²) in [5.74, 6) is 0.697. The molecule has 0 unspecified atom stereocenters. The molecular weight excluding hydrogens is 729 g/mol. The minimum absolute atomic E-state index is 0.121. The van der Waals surface area contributed by atoms with Crippen LogP contribution in [0, 0.1) is 0 Å². The van der Waals surface area contributed by atoms with Crippen molar-refractivity contribution < 1.29 is 0 Å². The quantitative estimate of drug-likeness (QED) is 0.151. The minimum atomic E-state index is -0.121. The van der Waals surface area contributed by atoms with Crippen molar-refractivity contribution in [1.82, 2.24) is 19.9 Å². The van der Waals surface area contributed by atoms with E-state index in [4.69, 9.17) is 19.9 Å². The second kappa shape index (κ2) is 15.3. The molecule has 0 fully saturated rings. The number of nitrogens with zero attached hydrogens (tertiary/aromatic N) is 4. The zero-order valence-electron chi connectivity index (χ0n) is 33.8. The molecule has 0 radical (unpaired) electrons. The number of aromatic nitrogens is 4. The number of benzene rings is 7. The van der Waals surface area contributed by atoms with Crippen LogP contribution in [0.5, 0.6) is 0 Å². The lowest BCUT2D eigenvalue weighted by molar-refractivity contribution is 0.572. The first-order valence-corrected chi connectivity index (χ1v) is 20.5. The summed E-state index contributed by atoms with van der Waals surface area (Å²) < 4.78 is 0. The lowest BCUT2D eigenvalue weighted by atomic mass is 9.88. The van der Waals surface area contributed by atoms with Crippen LogP contribution >= 0.6 is 0 Å². The molecule has 0 bridgehead atoms. The van der Waals surface area contributed by atoms with Gasteiger partial charge in [-0.1, -0.05) is 203 Å². The average molecular weight is 771 g/mol. The Balaban J connectivity index is 0.964. The molecule has 0 amide bonds. The standard InChI is InChI=1S/C56H42N4/c1-56(2,3)52-35-48(41-15-9-5-10-16-41)47-33-31-45-32-34-49(57-53(45)54(47)60-52)43-25-19-39(20-26-43)40-21-27-44(28-22-40)51-36-50(42-17-11-6-12-18-42)58-55(59-51)46-29-23-38(24-30-46)37-13-7-4-8-14-37/h4-36H,1-3H3. The van der Waals surface area contributed by atoms with Crippen molar-refractivity contribution in [3.8, 4) is 78.5 Å². The summed E-state index contributed by atoms with van der Waals surface area (Å²) >= 11 is 0. The largest absolute Gasteiger partial charge is 0.250 e. The maximum Gasteiger partial charge on any atom is 0.160 e. The highest BCUT2D eigenvalue weighted by atomic mass is 14.9. The lowest BCUT2D eigenvalue weighted by Crippen LogP contribution is -2.14. The zero-order chi connectivity index (χ0) is 40.6. The van der Waals surface area contributed by atoms with E-state index in [1.165, 1.54) is 16.7 Å². The van der Waals surface area contributed by atoms with Gasteiger partial charge in [0, 0.05) is 44.1 Å². The monoisotopic (exact) mass is 770 g/mol. The first-order chi connectivity index (χ1) is 29.3. The van der Waals surface area contributed by atoms with E-state index in [0.29, 0.717) is 5.82 Å². The smallest absolute Gasteiger partial charge is 0.160 e. The normalized spacial score (nSPS) is 11.6. The lowest BCUT2D eigenvalue weighted by Gasteiger charge is -2.21. The van der Waals surface area contributed by atoms with E-state index in [2.05, 4.69) is 197 Å². The van der Waals surface area contributed by atoms with Crippen LogP contribution in [0.15, 0.2) is 200 Å². The van der Waals surface area contributed by atoms with Gasteiger partial charge in [-0.25, -0.2) is 19.9 Å². The third-order valence-electron chi connectivity index (χ3n) is 11.2. The van der Waals surface area contributed by atoms with Gasteiger partial charge in [-0.15, -0.1) is 0 Å². The second-order valence-corrected chi connectivity index (χ2v) is 16.3. The molecule has 0 aliphatic heterocycles. The SMILES string of the molecule is CC(C)(C)c1cc(-c2ccccc2)c2ccc3ccc(-c4ccc(-c5ccc(-c6cc(-c7ccccc7)nc(-c7ccc(-c8ccccc8)cc7)n6)cc5)cc4)nc3c2n1. The van der Waals surface area contributed by atoms with Crippen LogP contribution in [-0.2, 0) is 5.41 Å². The third kappa shape index (κ3) is 7.25. The summed E-state index contributed by atoms with van der Waals surface area (Å²) in [5.41, 5.74) is 16.6.